The molecule has 2 aliphatic rings. The van der Waals surface area contributed by atoms with E-state index in [2.05, 4.69) is 0 Å². The first-order valence-corrected chi connectivity index (χ1v) is 8.89. The van der Waals surface area contributed by atoms with Crippen LogP contribution >= 0.6 is 11.6 Å². The topological polar surface area (TPSA) is 77.9 Å². The van der Waals surface area contributed by atoms with Gasteiger partial charge >= 0.3 is 5.97 Å². The Morgan fingerprint density at radius 3 is 2.52 bits per heavy atom. The molecule has 1 N–H and O–H groups in total. The lowest BCUT2D eigenvalue weighted by molar-refractivity contribution is -0.158. The molecule has 0 radical (unpaired) electrons. The van der Waals surface area contributed by atoms with Gasteiger partial charge in [-0.25, -0.2) is 0 Å². The number of piperazine rings is 1. The molecule has 1 saturated carbocycles. The summed E-state index contributed by atoms with van der Waals surface area (Å²) in [5.74, 6) is -1.53. The standard InChI is InChI=1S/C18H21ClN2O4/c19-14-7-2-1-4-13(14)11-20-8-9-21(17(24)12-5-3-6-12)15(18(20)25)10-16(22)23/h1-2,4,7,12,15H,3,5-6,8-11H2,(H,22,23). The van der Waals surface area contributed by atoms with Crippen LogP contribution in [0.3, 0.4) is 0 Å². The molecule has 25 heavy (non-hydrogen) atoms. The summed E-state index contributed by atoms with van der Waals surface area (Å²) in [6, 6.07) is 6.33. The molecule has 1 heterocycles. The Kier molecular flexibility index (Phi) is 5.27. The minimum absolute atomic E-state index is 0.0563. The average Bonchev–Trinajstić information content (AvgIpc) is 2.51. The third kappa shape index (κ3) is 3.79. The van der Waals surface area contributed by atoms with Gasteiger partial charge in [0.05, 0.1) is 6.42 Å². The molecule has 0 spiro atoms. The van der Waals surface area contributed by atoms with Crippen molar-refractivity contribution in [3.05, 3.63) is 34.9 Å². The summed E-state index contributed by atoms with van der Waals surface area (Å²) < 4.78 is 0. The SMILES string of the molecule is O=C(O)CC1C(=O)N(Cc2ccccc2Cl)CCN1C(=O)C1CCC1. The van der Waals surface area contributed by atoms with Crippen molar-refractivity contribution in [2.24, 2.45) is 5.92 Å². The van der Waals surface area contributed by atoms with Crippen LogP contribution in [-0.4, -0.2) is 51.8 Å². The van der Waals surface area contributed by atoms with Crippen molar-refractivity contribution in [3.8, 4) is 0 Å². The van der Waals surface area contributed by atoms with E-state index >= 15 is 0 Å². The van der Waals surface area contributed by atoms with Crippen LogP contribution in [0.5, 0.6) is 0 Å². The van der Waals surface area contributed by atoms with Crippen LogP contribution in [0.2, 0.25) is 5.02 Å². The van der Waals surface area contributed by atoms with Gasteiger partial charge in [-0.15, -0.1) is 0 Å². The lowest BCUT2D eigenvalue weighted by Crippen LogP contribution is -2.60. The maximum atomic E-state index is 12.8. The molecule has 2 amide bonds. The number of benzene rings is 1. The first-order chi connectivity index (χ1) is 12.0. The lowest BCUT2D eigenvalue weighted by atomic mass is 9.83. The van der Waals surface area contributed by atoms with Crippen LogP contribution in [0, 0.1) is 5.92 Å². The molecular formula is C18H21ClN2O4. The summed E-state index contributed by atoms with van der Waals surface area (Å²) in [5.41, 5.74) is 0.811. The summed E-state index contributed by atoms with van der Waals surface area (Å²) in [7, 11) is 0. The van der Waals surface area contributed by atoms with Crippen LogP contribution in [-0.2, 0) is 20.9 Å². The highest BCUT2D eigenvalue weighted by atomic mass is 35.5. The second-order valence-electron chi connectivity index (χ2n) is 6.62. The second kappa shape index (κ2) is 7.44. The second-order valence-corrected chi connectivity index (χ2v) is 7.03. The normalized spacial score (nSPS) is 21.2. The van der Waals surface area contributed by atoms with Crippen molar-refractivity contribution in [2.45, 2.75) is 38.3 Å². The highest BCUT2D eigenvalue weighted by molar-refractivity contribution is 6.31. The molecule has 7 heteroatoms. The van der Waals surface area contributed by atoms with Crippen LogP contribution in [0.1, 0.15) is 31.2 Å². The van der Waals surface area contributed by atoms with Gasteiger partial charge in [0.25, 0.3) is 0 Å². The van der Waals surface area contributed by atoms with E-state index in [1.54, 1.807) is 11.0 Å². The number of nitrogens with zero attached hydrogens (tertiary/aromatic N) is 2. The highest BCUT2D eigenvalue weighted by Gasteiger charge is 2.41. The number of carbonyl (C=O) groups is 3. The fourth-order valence-electron chi connectivity index (χ4n) is 3.34. The predicted octanol–water partition coefficient (Wildman–Crippen LogP) is 2.15. The van der Waals surface area contributed by atoms with Crippen molar-refractivity contribution < 1.29 is 19.5 Å². The molecule has 1 aliphatic heterocycles. The zero-order valence-electron chi connectivity index (χ0n) is 13.9. The average molecular weight is 365 g/mol. The summed E-state index contributed by atoms with van der Waals surface area (Å²) in [4.78, 5) is 39.7. The Bertz CT molecular complexity index is 689. The number of hydrogen-bond acceptors (Lipinski definition) is 3. The Balaban J connectivity index is 1.76. The third-order valence-electron chi connectivity index (χ3n) is 5.01. The molecule has 1 saturated heterocycles. The minimum atomic E-state index is -1.08. The summed E-state index contributed by atoms with van der Waals surface area (Å²) in [6.45, 7) is 1.07. The van der Waals surface area contributed by atoms with E-state index in [9.17, 15) is 19.5 Å². The van der Waals surface area contributed by atoms with E-state index in [1.165, 1.54) is 4.90 Å². The van der Waals surface area contributed by atoms with Crippen molar-refractivity contribution >= 4 is 29.4 Å². The predicted molar refractivity (Wildman–Crippen MR) is 92.0 cm³/mol. The number of rotatable bonds is 5. The van der Waals surface area contributed by atoms with Crippen LogP contribution in [0.4, 0.5) is 0 Å². The van der Waals surface area contributed by atoms with Gasteiger partial charge in [0.15, 0.2) is 0 Å². The van der Waals surface area contributed by atoms with Gasteiger partial charge < -0.3 is 14.9 Å². The molecule has 1 aliphatic carbocycles. The lowest BCUT2D eigenvalue weighted by Gasteiger charge is -2.42. The van der Waals surface area contributed by atoms with Crippen molar-refractivity contribution in [3.63, 3.8) is 0 Å². The van der Waals surface area contributed by atoms with Crippen LogP contribution in [0.15, 0.2) is 24.3 Å². The van der Waals surface area contributed by atoms with Gasteiger partial charge in [-0.05, 0) is 24.5 Å². The molecule has 1 aromatic carbocycles. The Hall–Kier alpha value is -2.08. The third-order valence-corrected chi connectivity index (χ3v) is 5.38. The van der Waals surface area contributed by atoms with Crippen molar-refractivity contribution in [1.82, 2.24) is 9.80 Å². The number of aliphatic carboxylic acids is 1. The number of halogens is 1. The van der Waals surface area contributed by atoms with Gasteiger partial charge in [-0.1, -0.05) is 36.2 Å². The zero-order valence-corrected chi connectivity index (χ0v) is 14.6. The Morgan fingerprint density at radius 1 is 1.20 bits per heavy atom. The fraction of sp³-hybridized carbons (Fsp3) is 0.500. The van der Waals surface area contributed by atoms with E-state index in [4.69, 9.17) is 11.6 Å². The molecule has 1 aromatic rings. The monoisotopic (exact) mass is 364 g/mol. The number of carboxylic acid groups (broad SMARTS) is 1. The number of hydrogen-bond donors (Lipinski definition) is 1. The largest absolute Gasteiger partial charge is 0.481 e. The smallest absolute Gasteiger partial charge is 0.305 e. The molecular weight excluding hydrogens is 344 g/mol. The van der Waals surface area contributed by atoms with E-state index in [1.807, 2.05) is 18.2 Å². The zero-order chi connectivity index (χ0) is 18.0. The first kappa shape index (κ1) is 17.7. The fourth-order valence-corrected chi connectivity index (χ4v) is 3.54. The van der Waals surface area contributed by atoms with E-state index in [0.29, 0.717) is 24.7 Å². The molecule has 6 nitrogen and oxygen atoms in total. The molecule has 1 atom stereocenters. The quantitative estimate of drug-likeness (QED) is 0.868. The van der Waals surface area contributed by atoms with E-state index in [0.717, 1.165) is 24.8 Å². The number of amides is 2. The summed E-state index contributed by atoms with van der Waals surface area (Å²) in [5, 5.41) is 9.75. The minimum Gasteiger partial charge on any atom is -0.481 e. The van der Waals surface area contributed by atoms with Crippen LogP contribution < -0.4 is 0 Å². The molecule has 1 unspecified atom stereocenters. The maximum Gasteiger partial charge on any atom is 0.305 e. The molecule has 0 aromatic heterocycles. The van der Waals surface area contributed by atoms with Gasteiger partial charge in [-0.3, -0.25) is 14.4 Å². The van der Waals surface area contributed by atoms with Crippen LogP contribution in [0.25, 0.3) is 0 Å². The van der Waals surface area contributed by atoms with Gasteiger partial charge in [0.2, 0.25) is 11.8 Å². The number of carboxylic acids is 1. The Labute approximate surface area is 151 Å². The molecule has 134 valence electrons. The molecule has 3 rings (SSSR count). The van der Waals surface area contributed by atoms with Gasteiger partial charge in [-0.2, -0.15) is 0 Å². The van der Waals surface area contributed by atoms with Crippen molar-refractivity contribution in [2.75, 3.05) is 13.1 Å². The molecule has 0 bridgehead atoms. The molecule has 2 fully saturated rings. The first-order valence-electron chi connectivity index (χ1n) is 8.52. The maximum absolute atomic E-state index is 12.8. The summed E-state index contributed by atoms with van der Waals surface area (Å²) in [6.07, 6.45) is 2.30. The van der Waals surface area contributed by atoms with Gasteiger partial charge in [0, 0.05) is 30.6 Å². The van der Waals surface area contributed by atoms with E-state index < -0.39 is 12.0 Å². The Morgan fingerprint density at radius 2 is 1.92 bits per heavy atom. The van der Waals surface area contributed by atoms with Crippen molar-refractivity contribution in [1.29, 1.82) is 0 Å². The summed E-state index contributed by atoms with van der Waals surface area (Å²) >= 11 is 6.16. The van der Waals surface area contributed by atoms with E-state index in [-0.39, 0.29) is 24.2 Å². The van der Waals surface area contributed by atoms with Gasteiger partial charge in [0.1, 0.15) is 6.04 Å². The highest BCUT2D eigenvalue weighted by Crippen LogP contribution is 2.30. The number of carbonyl (C=O) groups excluding carboxylic acids is 2.